The van der Waals surface area contributed by atoms with Crippen LogP contribution in [0.1, 0.15) is 12.0 Å². The van der Waals surface area contributed by atoms with E-state index in [0.29, 0.717) is 0 Å². The molecule has 0 saturated carbocycles. The van der Waals surface area contributed by atoms with E-state index in [0.717, 1.165) is 18.2 Å². The number of methoxy groups -OCH3 is 1. The molecule has 5 heteroatoms. The summed E-state index contributed by atoms with van der Waals surface area (Å²) in [5.41, 5.74) is 4.78. The summed E-state index contributed by atoms with van der Waals surface area (Å²) in [6.07, 6.45) is -0.470. The Morgan fingerprint density at radius 1 is 1.40 bits per heavy atom. The number of rotatable bonds is 4. The van der Waals surface area contributed by atoms with Crippen molar-refractivity contribution in [1.29, 1.82) is 0 Å². The van der Waals surface area contributed by atoms with Crippen molar-refractivity contribution >= 4 is 0 Å². The lowest BCUT2D eigenvalue weighted by molar-refractivity contribution is -0.0109. The van der Waals surface area contributed by atoms with Gasteiger partial charge in [-0.25, -0.2) is 13.2 Å². The highest BCUT2D eigenvalue weighted by atomic mass is 19.3. The molecule has 1 aromatic rings. The van der Waals surface area contributed by atoms with Gasteiger partial charge in [-0.05, 0) is 24.7 Å². The molecule has 2 nitrogen and oxygen atoms in total. The van der Waals surface area contributed by atoms with Crippen LogP contribution in [-0.4, -0.2) is 13.7 Å². The third kappa shape index (κ3) is 2.62. The summed E-state index contributed by atoms with van der Waals surface area (Å²) in [5.74, 6) is -3.90. The monoisotopic (exact) mass is 219 g/mol. The summed E-state index contributed by atoms with van der Waals surface area (Å²) in [7, 11) is 1.23. The Morgan fingerprint density at radius 2 is 2.07 bits per heavy atom. The highest BCUT2D eigenvalue weighted by Crippen LogP contribution is 2.33. The highest BCUT2D eigenvalue weighted by Gasteiger charge is 2.31. The van der Waals surface area contributed by atoms with Crippen molar-refractivity contribution < 1.29 is 17.9 Å². The lowest BCUT2D eigenvalue weighted by Gasteiger charge is -2.16. The van der Waals surface area contributed by atoms with Gasteiger partial charge in [-0.3, -0.25) is 0 Å². The highest BCUT2D eigenvalue weighted by molar-refractivity contribution is 5.32. The first-order chi connectivity index (χ1) is 7.01. The van der Waals surface area contributed by atoms with Gasteiger partial charge in [0, 0.05) is 12.0 Å². The number of hydrogen-bond acceptors (Lipinski definition) is 2. The summed E-state index contributed by atoms with van der Waals surface area (Å²) in [4.78, 5) is 0. The smallest absolute Gasteiger partial charge is 0.274 e. The first-order valence-corrected chi connectivity index (χ1v) is 4.43. The average Bonchev–Trinajstić information content (AvgIpc) is 2.18. The number of ether oxygens (including phenoxy) is 1. The van der Waals surface area contributed by atoms with E-state index >= 15 is 0 Å². The molecule has 0 bridgehead atoms. The predicted octanol–water partition coefficient (Wildman–Crippen LogP) is 2.27. The molecule has 1 aromatic carbocycles. The van der Waals surface area contributed by atoms with Gasteiger partial charge >= 0.3 is 0 Å². The zero-order chi connectivity index (χ0) is 11.5. The van der Waals surface area contributed by atoms with Crippen LogP contribution in [0.15, 0.2) is 18.2 Å². The van der Waals surface area contributed by atoms with Crippen LogP contribution in [-0.2, 0) is 5.92 Å². The molecule has 0 fully saturated rings. The SMILES string of the molecule is COc1cc(C(F)(F)CCN)ccc1F. The van der Waals surface area contributed by atoms with Crippen molar-refractivity contribution in [2.24, 2.45) is 5.73 Å². The van der Waals surface area contributed by atoms with E-state index in [1.54, 1.807) is 0 Å². The van der Waals surface area contributed by atoms with Gasteiger partial charge in [-0.1, -0.05) is 0 Å². The van der Waals surface area contributed by atoms with Gasteiger partial charge in [0.05, 0.1) is 7.11 Å². The Hall–Kier alpha value is -1.23. The van der Waals surface area contributed by atoms with Crippen molar-refractivity contribution in [3.8, 4) is 5.75 Å². The van der Waals surface area contributed by atoms with E-state index in [9.17, 15) is 13.2 Å². The summed E-state index contributed by atoms with van der Waals surface area (Å²) in [6.45, 7) is -0.132. The topological polar surface area (TPSA) is 35.2 Å². The Balaban J connectivity index is 3.04. The summed E-state index contributed by atoms with van der Waals surface area (Å²) in [5, 5.41) is 0. The number of benzene rings is 1. The quantitative estimate of drug-likeness (QED) is 0.843. The van der Waals surface area contributed by atoms with Crippen LogP contribution in [0.3, 0.4) is 0 Å². The number of alkyl halides is 2. The van der Waals surface area contributed by atoms with Crippen LogP contribution in [0.4, 0.5) is 13.2 Å². The van der Waals surface area contributed by atoms with Crippen LogP contribution >= 0.6 is 0 Å². The molecule has 0 aliphatic heterocycles. The fourth-order valence-electron chi connectivity index (χ4n) is 1.21. The van der Waals surface area contributed by atoms with Crippen molar-refractivity contribution in [3.05, 3.63) is 29.6 Å². The Bertz CT molecular complexity index is 341. The van der Waals surface area contributed by atoms with Crippen molar-refractivity contribution in [1.82, 2.24) is 0 Å². The van der Waals surface area contributed by atoms with E-state index in [1.165, 1.54) is 7.11 Å². The molecule has 0 radical (unpaired) electrons. The summed E-state index contributed by atoms with van der Waals surface area (Å²) in [6, 6.07) is 2.98. The van der Waals surface area contributed by atoms with Crippen LogP contribution < -0.4 is 10.5 Å². The van der Waals surface area contributed by atoms with Crippen LogP contribution in [0.5, 0.6) is 5.75 Å². The van der Waals surface area contributed by atoms with Crippen LogP contribution in [0.2, 0.25) is 0 Å². The Labute approximate surface area is 85.8 Å². The number of nitrogens with two attached hydrogens (primary N) is 1. The molecule has 0 unspecified atom stereocenters. The van der Waals surface area contributed by atoms with Crippen molar-refractivity contribution in [2.45, 2.75) is 12.3 Å². The molecule has 0 aromatic heterocycles. The molecule has 0 heterocycles. The van der Waals surface area contributed by atoms with Gasteiger partial charge in [0.1, 0.15) is 0 Å². The first kappa shape index (κ1) is 11.8. The second kappa shape index (κ2) is 4.53. The molecule has 1 rings (SSSR count). The van der Waals surface area contributed by atoms with Gasteiger partial charge < -0.3 is 10.5 Å². The van der Waals surface area contributed by atoms with Gasteiger partial charge in [0.2, 0.25) is 0 Å². The van der Waals surface area contributed by atoms with E-state index in [2.05, 4.69) is 4.74 Å². The molecule has 0 amide bonds. The lowest BCUT2D eigenvalue weighted by Crippen LogP contribution is -2.18. The van der Waals surface area contributed by atoms with Gasteiger partial charge in [-0.15, -0.1) is 0 Å². The fraction of sp³-hybridized carbons (Fsp3) is 0.400. The second-order valence-electron chi connectivity index (χ2n) is 3.09. The molecular formula is C10H12F3NO. The van der Waals surface area contributed by atoms with Gasteiger partial charge in [-0.2, -0.15) is 0 Å². The molecule has 0 aliphatic carbocycles. The first-order valence-electron chi connectivity index (χ1n) is 4.43. The minimum atomic E-state index is -3.05. The van der Waals surface area contributed by atoms with Crippen molar-refractivity contribution in [3.63, 3.8) is 0 Å². The second-order valence-corrected chi connectivity index (χ2v) is 3.09. The maximum Gasteiger partial charge on any atom is 0.274 e. The summed E-state index contributed by atoms with van der Waals surface area (Å²) < 4.78 is 44.3. The van der Waals surface area contributed by atoms with Gasteiger partial charge in [0.25, 0.3) is 5.92 Å². The fourth-order valence-corrected chi connectivity index (χ4v) is 1.21. The van der Waals surface area contributed by atoms with E-state index in [1.807, 2.05) is 0 Å². The largest absolute Gasteiger partial charge is 0.494 e. The van der Waals surface area contributed by atoms with E-state index < -0.39 is 18.2 Å². The molecule has 84 valence electrons. The van der Waals surface area contributed by atoms with E-state index in [4.69, 9.17) is 5.73 Å². The molecule has 15 heavy (non-hydrogen) atoms. The zero-order valence-corrected chi connectivity index (χ0v) is 8.27. The van der Waals surface area contributed by atoms with E-state index in [-0.39, 0.29) is 17.9 Å². The maximum absolute atomic E-state index is 13.3. The maximum atomic E-state index is 13.3. The molecule has 2 N–H and O–H groups in total. The lowest BCUT2D eigenvalue weighted by atomic mass is 10.1. The Morgan fingerprint density at radius 3 is 2.60 bits per heavy atom. The molecule has 0 atom stereocenters. The third-order valence-electron chi connectivity index (χ3n) is 2.03. The van der Waals surface area contributed by atoms with Crippen molar-refractivity contribution in [2.75, 3.05) is 13.7 Å². The zero-order valence-electron chi connectivity index (χ0n) is 8.27. The third-order valence-corrected chi connectivity index (χ3v) is 2.03. The number of halogens is 3. The Kier molecular flexibility index (Phi) is 3.57. The predicted molar refractivity (Wildman–Crippen MR) is 50.5 cm³/mol. The molecule has 0 aliphatic rings. The molecule has 0 spiro atoms. The van der Waals surface area contributed by atoms with Crippen LogP contribution in [0, 0.1) is 5.82 Å². The normalized spacial score (nSPS) is 11.5. The number of hydrogen-bond donors (Lipinski definition) is 1. The standard InChI is InChI=1S/C10H12F3NO/c1-15-9-6-7(2-3-8(9)11)10(12,13)4-5-14/h2-3,6H,4-5,14H2,1H3. The molecular weight excluding hydrogens is 207 g/mol. The average molecular weight is 219 g/mol. The minimum Gasteiger partial charge on any atom is -0.494 e. The summed E-state index contributed by atoms with van der Waals surface area (Å²) >= 11 is 0. The van der Waals surface area contributed by atoms with Crippen LogP contribution in [0.25, 0.3) is 0 Å². The van der Waals surface area contributed by atoms with Gasteiger partial charge in [0.15, 0.2) is 11.6 Å². The minimum absolute atomic E-state index is 0.132. The molecule has 0 saturated heterocycles.